The normalized spacial score (nSPS) is 29.6. The first kappa shape index (κ1) is 19.1. The number of hydrogen-bond acceptors (Lipinski definition) is 1. The molecule has 0 spiro atoms. The predicted molar refractivity (Wildman–Crippen MR) is 101 cm³/mol. The van der Waals surface area contributed by atoms with Crippen molar-refractivity contribution in [2.24, 2.45) is 17.8 Å². The number of allylic oxidation sites excluding steroid dienone is 2. The quantitative estimate of drug-likeness (QED) is 0.538. The highest BCUT2D eigenvalue weighted by atomic mass is 19.1. The summed E-state index contributed by atoms with van der Waals surface area (Å²) in [5.41, 5.74) is 1.20. The van der Waals surface area contributed by atoms with E-state index in [2.05, 4.69) is 6.08 Å². The van der Waals surface area contributed by atoms with Gasteiger partial charge in [-0.05, 0) is 99.2 Å². The van der Waals surface area contributed by atoms with Gasteiger partial charge in [-0.3, -0.25) is 4.39 Å². The van der Waals surface area contributed by atoms with E-state index < -0.39 is 0 Å². The highest BCUT2D eigenvalue weighted by Crippen LogP contribution is 2.44. The molecule has 0 saturated heterocycles. The van der Waals surface area contributed by atoms with Gasteiger partial charge in [0, 0.05) is 0 Å². The highest BCUT2D eigenvalue weighted by Gasteiger charge is 2.30. The Morgan fingerprint density at radius 2 is 1.65 bits per heavy atom. The minimum Gasteiger partial charge on any atom is -0.251 e. The molecule has 2 aliphatic carbocycles. The molecule has 3 rings (SSSR count). The summed E-state index contributed by atoms with van der Waals surface area (Å²) in [6.07, 6.45) is 14.6. The van der Waals surface area contributed by atoms with Crippen molar-refractivity contribution in [3.63, 3.8) is 0 Å². The van der Waals surface area contributed by atoms with Crippen LogP contribution in [0.5, 0.6) is 0 Å². The summed E-state index contributed by atoms with van der Waals surface area (Å²) in [7, 11) is 0. The van der Waals surface area contributed by atoms with Crippen molar-refractivity contribution in [2.45, 2.75) is 63.7 Å². The molecule has 2 fully saturated rings. The average Bonchev–Trinajstić information content (AvgIpc) is 2.69. The highest BCUT2D eigenvalue weighted by molar-refractivity contribution is 5.34. The molecule has 140 valence electrons. The van der Waals surface area contributed by atoms with Crippen molar-refractivity contribution < 1.29 is 8.78 Å². The Bertz CT molecular complexity index is 645. The minimum atomic E-state index is -0.383. The number of hydrogen-bond donors (Lipinski definition) is 0. The van der Waals surface area contributed by atoms with Crippen LogP contribution in [0.2, 0.25) is 0 Å². The van der Waals surface area contributed by atoms with Crippen molar-refractivity contribution in [2.75, 3.05) is 6.67 Å². The van der Waals surface area contributed by atoms with E-state index in [0.29, 0.717) is 18.3 Å². The maximum Gasteiger partial charge on any atom is 0.141 e. The molecule has 0 aliphatic heterocycles. The molecule has 0 radical (unpaired) electrons. The van der Waals surface area contributed by atoms with Gasteiger partial charge in [-0.2, -0.15) is 5.26 Å². The van der Waals surface area contributed by atoms with Gasteiger partial charge in [0.05, 0.1) is 12.2 Å². The topological polar surface area (TPSA) is 23.8 Å². The summed E-state index contributed by atoms with van der Waals surface area (Å²) >= 11 is 0. The van der Waals surface area contributed by atoms with Crippen molar-refractivity contribution in [1.82, 2.24) is 0 Å². The fraction of sp³-hybridized carbons (Fsp3) is 0.609. The summed E-state index contributed by atoms with van der Waals surface area (Å²) in [4.78, 5) is 0. The zero-order chi connectivity index (χ0) is 18.4. The summed E-state index contributed by atoms with van der Waals surface area (Å²) < 4.78 is 26.1. The molecule has 0 N–H and O–H groups in total. The van der Waals surface area contributed by atoms with Gasteiger partial charge in [-0.25, -0.2) is 4.39 Å². The van der Waals surface area contributed by atoms with Crippen LogP contribution >= 0.6 is 0 Å². The largest absolute Gasteiger partial charge is 0.251 e. The Morgan fingerprint density at radius 3 is 2.23 bits per heavy atom. The molecule has 1 nitrogen and oxygen atoms in total. The molecule has 1 aromatic carbocycles. The van der Waals surface area contributed by atoms with Crippen molar-refractivity contribution in [1.29, 1.82) is 5.26 Å². The standard InChI is InChI=1S/C23H29F2N/c24-14-2-1-3-17-4-6-18(7-5-17)19-8-10-20(11-9-19)21-12-13-22(16-26)23(25)15-21/h1,3,12-13,15,17-20H,2,4-11,14H2/b3-1+. The number of alkyl halides is 1. The molecule has 0 amide bonds. The lowest BCUT2D eigenvalue weighted by Gasteiger charge is -2.37. The molecule has 1 aromatic rings. The number of nitriles is 1. The van der Waals surface area contributed by atoms with E-state index in [1.54, 1.807) is 12.1 Å². The molecule has 0 bridgehead atoms. The second kappa shape index (κ2) is 9.31. The third-order valence-electron chi connectivity index (χ3n) is 6.52. The maximum atomic E-state index is 13.9. The third-order valence-corrected chi connectivity index (χ3v) is 6.52. The molecule has 3 heteroatoms. The Balaban J connectivity index is 1.47. The van der Waals surface area contributed by atoms with Gasteiger partial charge in [0.2, 0.25) is 0 Å². The Kier molecular flexibility index (Phi) is 6.83. The van der Waals surface area contributed by atoms with Gasteiger partial charge in [-0.15, -0.1) is 0 Å². The van der Waals surface area contributed by atoms with Crippen LogP contribution in [0.15, 0.2) is 30.4 Å². The zero-order valence-electron chi connectivity index (χ0n) is 15.5. The molecule has 2 aliphatic rings. The van der Waals surface area contributed by atoms with E-state index in [4.69, 9.17) is 5.26 Å². The van der Waals surface area contributed by atoms with Crippen LogP contribution in [0.25, 0.3) is 0 Å². The van der Waals surface area contributed by atoms with E-state index in [0.717, 1.165) is 30.2 Å². The summed E-state index contributed by atoms with van der Waals surface area (Å²) in [6.45, 7) is -0.252. The number of halogens is 2. The molecule has 0 atom stereocenters. The molecule has 26 heavy (non-hydrogen) atoms. The van der Waals surface area contributed by atoms with Crippen LogP contribution in [0.4, 0.5) is 8.78 Å². The van der Waals surface area contributed by atoms with Crippen molar-refractivity contribution >= 4 is 0 Å². The molecule has 0 aromatic heterocycles. The van der Waals surface area contributed by atoms with Crippen LogP contribution in [0.1, 0.15) is 74.8 Å². The van der Waals surface area contributed by atoms with Crippen LogP contribution < -0.4 is 0 Å². The fourth-order valence-corrected chi connectivity index (χ4v) is 4.96. The van der Waals surface area contributed by atoms with Crippen molar-refractivity contribution in [3.05, 3.63) is 47.3 Å². The smallest absolute Gasteiger partial charge is 0.141 e. The van der Waals surface area contributed by atoms with Crippen molar-refractivity contribution in [3.8, 4) is 6.07 Å². The second-order valence-electron chi connectivity index (χ2n) is 8.04. The van der Waals surface area contributed by atoms with E-state index in [9.17, 15) is 8.78 Å². The van der Waals surface area contributed by atoms with E-state index >= 15 is 0 Å². The maximum absolute atomic E-state index is 13.9. The van der Waals surface area contributed by atoms with Gasteiger partial charge in [0.1, 0.15) is 11.9 Å². The first-order valence-electron chi connectivity index (χ1n) is 10.1. The zero-order valence-corrected chi connectivity index (χ0v) is 15.5. The average molecular weight is 357 g/mol. The Morgan fingerprint density at radius 1 is 1.00 bits per heavy atom. The minimum absolute atomic E-state index is 0.139. The van der Waals surface area contributed by atoms with Crippen LogP contribution in [-0.2, 0) is 0 Å². The molecular formula is C23H29F2N. The van der Waals surface area contributed by atoms with E-state index in [-0.39, 0.29) is 18.1 Å². The van der Waals surface area contributed by atoms with Gasteiger partial charge in [-0.1, -0.05) is 18.2 Å². The van der Waals surface area contributed by atoms with Gasteiger partial charge >= 0.3 is 0 Å². The lowest BCUT2D eigenvalue weighted by molar-refractivity contribution is 0.171. The molecule has 0 unspecified atom stereocenters. The fourth-order valence-electron chi connectivity index (χ4n) is 4.96. The Labute approximate surface area is 156 Å². The summed E-state index contributed by atoms with van der Waals surface area (Å²) in [5, 5.41) is 8.87. The number of benzene rings is 1. The van der Waals surface area contributed by atoms with Crippen LogP contribution in [-0.4, -0.2) is 6.67 Å². The SMILES string of the molecule is N#Cc1ccc(C2CCC(C3CCC(/C=C/CCF)CC3)CC2)cc1F. The van der Waals surface area contributed by atoms with E-state index in [1.165, 1.54) is 38.5 Å². The molecule has 0 heterocycles. The number of rotatable bonds is 5. The predicted octanol–water partition coefficient (Wildman–Crippen LogP) is 6.69. The monoisotopic (exact) mass is 357 g/mol. The second-order valence-corrected chi connectivity index (χ2v) is 8.04. The van der Waals surface area contributed by atoms with Gasteiger partial charge < -0.3 is 0 Å². The van der Waals surface area contributed by atoms with Crippen LogP contribution in [0.3, 0.4) is 0 Å². The van der Waals surface area contributed by atoms with Crippen LogP contribution in [0, 0.1) is 34.9 Å². The van der Waals surface area contributed by atoms with Gasteiger partial charge in [0.15, 0.2) is 0 Å². The Hall–Kier alpha value is -1.69. The van der Waals surface area contributed by atoms with Gasteiger partial charge in [0.25, 0.3) is 0 Å². The first-order valence-corrected chi connectivity index (χ1v) is 10.1. The first-order chi connectivity index (χ1) is 12.7. The van der Waals surface area contributed by atoms with E-state index in [1.807, 2.05) is 18.2 Å². The third kappa shape index (κ3) is 4.72. The summed E-state index contributed by atoms with van der Waals surface area (Å²) in [5.74, 6) is 2.35. The summed E-state index contributed by atoms with van der Waals surface area (Å²) in [6, 6.07) is 7.02. The number of nitrogens with zero attached hydrogens (tertiary/aromatic N) is 1. The molecular weight excluding hydrogens is 328 g/mol. The molecule has 2 saturated carbocycles. The lowest BCUT2D eigenvalue weighted by Crippen LogP contribution is -2.25. The lowest BCUT2D eigenvalue weighted by atomic mass is 9.68.